The van der Waals surface area contributed by atoms with Gasteiger partial charge in [0.25, 0.3) is 0 Å². The Balaban J connectivity index is 0.00000392. The fourth-order valence-corrected chi connectivity index (χ4v) is 3.54. The van der Waals surface area contributed by atoms with Crippen molar-refractivity contribution in [3.8, 4) is 0 Å². The largest absolute Gasteiger partial charge is 0.370 e. The molecule has 0 heterocycles. The summed E-state index contributed by atoms with van der Waals surface area (Å²) in [6, 6.07) is 14.7. The minimum atomic E-state index is -3.47. The molecular weight excluding hydrogens is 487 g/mol. The fourth-order valence-electron chi connectivity index (χ4n) is 2.32. The lowest BCUT2D eigenvalue weighted by molar-refractivity contribution is 0.560. The quantitative estimate of drug-likeness (QED) is 0.283. The van der Waals surface area contributed by atoms with Crippen LogP contribution in [-0.4, -0.2) is 20.9 Å². The van der Waals surface area contributed by atoms with Gasteiger partial charge in [-0.15, -0.1) is 24.0 Å². The second-order valence-electron chi connectivity index (χ2n) is 6.77. The van der Waals surface area contributed by atoms with Crippen LogP contribution >= 0.6 is 24.0 Å². The van der Waals surface area contributed by atoms with Crippen LogP contribution in [0.5, 0.6) is 0 Å². The number of hydrogen-bond donors (Lipinski definition) is 3. The van der Waals surface area contributed by atoms with Gasteiger partial charge < -0.3 is 11.1 Å². The van der Waals surface area contributed by atoms with E-state index in [1.54, 1.807) is 24.3 Å². The van der Waals surface area contributed by atoms with Gasteiger partial charge in [0, 0.05) is 12.2 Å². The minimum Gasteiger partial charge on any atom is -0.370 e. The van der Waals surface area contributed by atoms with Gasteiger partial charge in [-0.05, 0) is 47.7 Å². The number of hydrogen-bond acceptors (Lipinski definition) is 3. The van der Waals surface area contributed by atoms with E-state index >= 15 is 0 Å². The maximum Gasteiger partial charge on any atom is 0.240 e. The van der Waals surface area contributed by atoms with Gasteiger partial charge in [-0.1, -0.05) is 45.0 Å². The van der Waals surface area contributed by atoms with Gasteiger partial charge in [-0.3, -0.25) is 0 Å². The number of guanidine groups is 1. The Morgan fingerprint density at radius 2 is 1.61 bits per heavy atom. The van der Waals surface area contributed by atoms with Crippen molar-refractivity contribution in [2.45, 2.75) is 38.6 Å². The molecule has 0 fully saturated rings. The third kappa shape index (κ3) is 7.76. The molecule has 2 aromatic carbocycles. The van der Waals surface area contributed by atoms with E-state index in [0.717, 1.165) is 17.7 Å². The summed E-state index contributed by atoms with van der Waals surface area (Å²) in [6.07, 6.45) is 0.989. The summed E-state index contributed by atoms with van der Waals surface area (Å²) < 4.78 is 27.0. The molecule has 8 heteroatoms. The summed E-state index contributed by atoms with van der Waals surface area (Å²) in [5, 5.41) is 3.05. The molecule has 0 aliphatic rings. The Kier molecular flexibility index (Phi) is 9.91. The van der Waals surface area contributed by atoms with Crippen molar-refractivity contribution in [1.29, 1.82) is 0 Å². The molecule has 0 aromatic heterocycles. The summed E-state index contributed by atoms with van der Waals surface area (Å²) in [5.41, 5.74) is 8.94. The molecule has 4 N–H and O–H groups in total. The normalized spacial score (nSPS) is 11.9. The highest BCUT2D eigenvalue weighted by molar-refractivity contribution is 14.0. The molecule has 6 nitrogen and oxygen atoms in total. The maximum absolute atomic E-state index is 12.2. The van der Waals surface area contributed by atoms with Gasteiger partial charge in [-0.25, -0.2) is 18.1 Å². The van der Waals surface area contributed by atoms with Crippen LogP contribution in [-0.2, 0) is 23.0 Å². The smallest absolute Gasteiger partial charge is 0.240 e. The molecule has 0 radical (unpaired) electrons. The topological polar surface area (TPSA) is 96.6 Å². The number of sulfonamides is 1. The first-order valence-corrected chi connectivity index (χ1v) is 10.5. The van der Waals surface area contributed by atoms with Crippen LogP contribution < -0.4 is 15.8 Å². The number of rotatable bonds is 8. The van der Waals surface area contributed by atoms with E-state index in [2.05, 4.69) is 22.0 Å². The first-order chi connectivity index (χ1) is 12.8. The van der Waals surface area contributed by atoms with E-state index in [1.807, 2.05) is 38.1 Å². The highest BCUT2D eigenvalue weighted by atomic mass is 127. The number of nitrogens with one attached hydrogen (secondary N) is 2. The lowest BCUT2D eigenvalue weighted by Crippen LogP contribution is -2.27. The molecule has 0 saturated carbocycles. The molecule has 0 amide bonds. The molecule has 0 aliphatic carbocycles. The van der Waals surface area contributed by atoms with E-state index in [-0.39, 0.29) is 34.8 Å². The lowest BCUT2D eigenvalue weighted by Gasteiger charge is -2.09. The predicted molar refractivity (Wildman–Crippen MR) is 127 cm³/mol. The van der Waals surface area contributed by atoms with Gasteiger partial charge in [0.05, 0.1) is 11.4 Å². The summed E-state index contributed by atoms with van der Waals surface area (Å²) in [4.78, 5) is 4.55. The standard InChI is InChI=1S/C20H28N4O2S.HI/c1-4-16-5-9-18(10-6-16)24-20(21)22-14-17-7-11-19(12-8-17)27(25,26)23-13-15(2)3;/h5-12,15,23H,4,13-14H2,1-3H3,(H3,21,22,24);1H. The van der Waals surface area contributed by atoms with Crippen LogP contribution in [0.1, 0.15) is 31.9 Å². The molecule has 28 heavy (non-hydrogen) atoms. The van der Waals surface area contributed by atoms with Crippen LogP contribution in [0.25, 0.3) is 0 Å². The predicted octanol–water partition coefficient (Wildman–Crippen LogP) is 3.73. The van der Waals surface area contributed by atoms with E-state index < -0.39 is 10.0 Å². The van der Waals surface area contributed by atoms with Crippen LogP contribution in [0, 0.1) is 5.92 Å². The summed E-state index contributed by atoms with van der Waals surface area (Å²) in [7, 11) is -3.47. The van der Waals surface area contributed by atoms with Crippen molar-refractivity contribution in [2.75, 3.05) is 11.9 Å². The van der Waals surface area contributed by atoms with Gasteiger partial charge in [0.2, 0.25) is 10.0 Å². The summed E-state index contributed by atoms with van der Waals surface area (Å²) in [5.74, 6) is 0.566. The first-order valence-electron chi connectivity index (χ1n) is 9.04. The van der Waals surface area contributed by atoms with Crippen molar-refractivity contribution in [3.05, 3.63) is 59.7 Å². The number of halogens is 1. The van der Waals surface area contributed by atoms with Crippen LogP contribution in [0.3, 0.4) is 0 Å². The monoisotopic (exact) mass is 516 g/mol. The number of nitrogens with zero attached hydrogens (tertiary/aromatic N) is 1. The zero-order valence-electron chi connectivity index (χ0n) is 16.5. The second-order valence-corrected chi connectivity index (χ2v) is 8.53. The lowest BCUT2D eigenvalue weighted by atomic mass is 10.1. The molecule has 2 aromatic rings. The Bertz CT molecular complexity index is 864. The van der Waals surface area contributed by atoms with Gasteiger partial charge in [0.1, 0.15) is 0 Å². The molecule has 2 rings (SSSR count). The number of aliphatic imine (C=N–C) groups is 1. The Morgan fingerprint density at radius 3 is 2.14 bits per heavy atom. The highest BCUT2D eigenvalue weighted by Gasteiger charge is 2.13. The first kappa shape index (κ1) is 24.4. The molecule has 0 bridgehead atoms. The van der Waals surface area contributed by atoms with E-state index in [9.17, 15) is 8.42 Å². The highest BCUT2D eigenvalue weighted by Crippen LogP contribution is 2.12. The van der Waals surface area contributed by atoms with Crippen molar-refractivity contribution in [3.63, 3.8) is 0 Å². The third-order valence-corrected chi connectivity index (χ3v) is 5.42. The number of aryl methyl sites for hydroxylation is 1. The Hall–Kier alpha value is -1.65. The SMILES string of the molecule is CCc1ccc(NC(N)=NCc2ccc(S(=O)(=O)NCC(C)C)cc2)cc1.I. The Morgan fingerprint density at radius 1 is 1.04 bits per heavy atom. The van der Waals surface area contributed by atoms with Crippen molar-refractivity contribution in [2.24, 2.45) is 16.6 Å². The van der Waals surface area contributed by atoms with Crippen LogP contribution in [0.2, 0.25) is 0 Å². The van der Waals surface area contributed by atoms with Crippen LogP contribution in [0.15, 0.2) is 58.4 Å². The van der Waals surface area contributed by atoms with Crippen molar-refractivity contribution >= 4 is 45.6 Å². The molecule has 0 saturated heterocycles. The number of nitrogens with two attached hydrogens (primary N) is 1. The van der Waals surface area contributed by atoms with E-state index in [4.69, 9.17) is 5.73 Å². The van der Waals surface area contributed by atoms with Gasteiger partial charge in [-0.2, -0.15) is 0 Å². The molecular formula is C20H29IN4O2S. The zero-order valence-corrected chi connectivity index (χ0v) is 19.6. The Labute approximate surface area is 185 Å². The molecule has 0 aliphatic heterocycles. The fraction of sp³-hybridized carbons (Fsp3) is 0.350. The van der Waals surface area contributed by atoms with Gasteiger partial charge in [0.15, 0.2) is 5.96 Å². The summed E-state index contributed by atoms with van der Waals surface area (Å²) in [6.45, 7) is 6.80. The minimum absolute atomic E-state index is 0. The van der Waals surface area contributed by atoms with Gasteiger partial charge >= 0.3 is 0 Å². The van der Waals surface area contributed by atoms with Crippen molar-refractivity contribution < 1.29 is 8.42 Å². The average Bonchev–Trinajstić information content (AvgIpc) is 2.66. The third-order valence-electron chi connectivity index (χ3n) is 3.98. The van der Waals surface area contributed by atoms with Crippen molar-refractivity contribution in [1.82, 2.24) is 4.72 Å². The molecule has 0 atom stereocenters. The van der Waals surface area contributed by atoms with Crippen LogP contribution in [0.4, 0.5) is 5.69 Å². The number of anilines is 1. The molecule has 154 valence electrons. The molecule has 0 spiro atoms. The average molecular weight is 516 g/mol. The summed E-state index contributed by atoms with van der Waals surface area (Å²) >= 11 is 0. The second kappa shape index (κ2) is 11.4. The molecule has 0 unspecified atom stereocenters. The number of benzene rings is 2. The zero-order chi connectivity index (χ0) is 19.9. The van der Waals surface area contributed by atoms with E-state index in [0.29, 0.717) is 19.0 Å². The maximum atomic E-state index is 12.2. The van der Waals surface area contributed by atoms with E-state index in [1.165, 1.54) is 5.56 Å².